The molecular weight excluding hydrogens is 475 g/mol. The molecule has 2 aliphatic rings. The molecule has 3 aromatic rings. The molecule has 0 atom stereocenters. The average Bonchev–Trinajstić information content (AvgIpc) is 3.33. The van der Waals surface area contributed by atoms with Crippen LogP contribution in [0.5, 0.6) is 0 Å². The van der Waals surface area contributed by atoms with Crippen LogP contribution in [0.1, 0.15) is 22.5 Å². The molecule has 164 valence electrons. The highest BCUT2D eigenvalue weighted by Crippen LogP contribution is 2.38. The van der Waals surface area contributed by atoms with Gasteiger partial charge in [-0.2, -0.15) is 4.99 Å². The molecular formula is C25H18Cl2N4OS. The molecule has 3 heterocycles. The zero-order valence-corrected chi connectivity index (χ0v) is 20.1. The van der Waals surface area contributed by atoms with Crippen LogP contribution in [0.3, 0.4) is 0 Å². The SMILES string of the molecule is Cc1cc(C=C2C(=N)N3C(c4ccccc4)=CSC3=NC2=O)c(C)n1-c1ccc(Cl)cc1Cl. The van der Waals surface area contributed by atoms with Gasteiger partial charge < -0.3 is 4.57 Å². The summed E-state index contributed by atoms with van der Waals surface area (Å²) in [6.45, 7) is 3.93. The number of hydrogen-bond donors (Lipinski definition) is 1. The minimum Gasteiger partial charge on any atom is -0.316 e. The molecule has 1 amide bonds. The van der Waals surface area contributed by atoms with Crippen molar-refractivity contribution in [2.45, 2.75) is 13.8 Å². The van der Waals surface area contributed by atoms with Gasteiger partial charge in [-0.3, -0.25) is 15.1 Å². The van der Waals surface area contributed by atoms with Crippen molar-refractivity contribution < 1.29 is 4.79 Å². The van der Waals surface area contributed by atoms with Gasteiger partial charge in [-0.15, -0.1) is 0 Å². The van der Waals surface area contributed by atoms with Gasteiger partial charge in [-0.25, -0.2) is 0 Å². The molecule has 0 aliphatic carbocycles. The molecule has 2 aliphatic heterocycles. The fraction of sp³-hybridized carbons (Fsp3) is 0.0800. The van der Waals surface area contributed by atoms with E-state index in [1.807, 2.05) is 66.3 Å². The number of carbonyl (C=O) groups excluding carboxylic acids is 1. The van der Waals surface area contributed by atoms with Crippen LogP contribution in [0, 0.1) is 19.3 Å². The highest BCUT2D eigenvalue weighted by Gasteiger charge is 2.36. The smallest absolute Gasteiger partial charge is 0.283 e. The number of hydrogen-bond acceptors (Lipinski definition) is 3. The number of nitrogens with one attached hydrogen (secondary N) is 1. The monoisotopic (exact) mass is 492 g/mol. The first-order chi connectivity index (χ1) is 15.8. The zero-order valence-electron chi connectivity index (χ0n) is 17.8. The lowest BCUT2D eigenvalue weighted by Gasteiger charge is -2.26. The maximum Gasteiger partial charge on any atom is 0.283 e. The molecule has 8 heteroatoms. The maximum absolute atomic E-state index is 12.9. The lowest BCUT2D eigenvalue weighted by atomic mass is 10.1. The predicted octanol–water partition coefficient (Wildman–Crippen LogP) is 6.71. The van der Waals surface area contributed by atoms with Crippen LogP contribution in [-0.4, -0.2) is 26.4 Å². The Hall–Kier alpha value is -3.06. The third-order valence-electron chi connectivity index (χ3n) is 5.60. The van der Waals surface area contributed by atoms with Crippen LogP contribution in [0.15, 0.2) is 70.6 Å². The molecule has 0 saturated carbocycles. The fourth-order valence-corrected chi connectivity index (χ4v) is 5.42. The molecule has 0 unspecified atom stereocenters. The Morgan fingerprint density at radius 1 is 1.06 bits per heavy atom. The maximum atomic E-state index is 12.9. The second-order valence-electron chi connectivity index (χ2n) is 7.69. The Labute approximate surface area is 205 Å². The predicted molar refractivity (Wildman–Crippen MR) is 137 cm³/mol. The summed E-state index contributed by atoms with van der Waals surface area (Å²) in [6.07, 6.45) is 1.74. The topological polar surface area (TPSA) is 61.5 Å². The van der Waals surface area contributed by atoms with Gasteiger partial charge in [0, 0.05) is 21.8 Å². The molecule has 0 spiro atoms. The van der Waals surface area contributed by atoms with Crippen molar-refractivity contribution in [3.8, 4) is 5.69 Å². The van der Waals surface area contributed by atoms with Crippen molar-refractivity contribution in [2.75, 3.05) is 0 Å². The Kier molecular flexibility index (Phi) is 5.52. The van der Waals surface area contributed by atoms with Crippen LogP contribution in [0.25, 0.3) is 17.5 Å². The lowest BCUT2D eigenvalue weighted by molar-refractivity contribution is -0.114. The summed E-state index contributed by atoms with van der Waals surface area (Å²) in [5.41, 5.74) is 5.51. The van der Waals surface area contributed by atoms with E-state index in [1.54, 1.807) is 23.1 Å². The molecule has 2 aromatic carbocycles. The van der Waals surface area contributed by atoms with E-state index in [0.29, 0.717) is 15.2 Å². The average molecular weight is 493 g/mol. The van der Waals surface area contributed by atoms with E-state index in [1.165, 1.54) is 11.8 Å². The van der Waals surface area contributed by atoms with E-state index in [4.69, 9.17) is 28.6 Å². The van der Waals surface area contributed by atoms with Crippen molar-refractivity contribution >= 4 is 63.6 Å². The van der Waals surface area contributed by atoms with Crippen molar-refractivity contribution in [1.82, 2.24) is 9.47 Å². The Balaban J connectivity index is 1.56. The number of nitrogens with zero attached hydrogens (tertiary/aromatic N) is 3. The molecule has 1 N–H and O–H groups in total. The summed E-state index contributed by atoms with van der Waals surface area (Å²) in [7, 11) is 0. The van der Waals surface area contributed by atoms with Crippen LogP contribution < -0.4 is 0 Å². The number of rotatable bonds is 3. The van der Waals surface area contributed by atoms with E-state index >= 15 is 0 Å². The second-order valence-corrected chi connectivity index (χ2v) is 9.37. The number of aliphatic imine (C=N–C) groups is 1. The minimum absolute atomic E-state index is 0.111. The first-order valence-corrected chi connectivity index (χ1v) is 11.8. The summed E-state index contributed by atoms with van der Waals surface area (Å²) >= 11 is 13.9. The van der Waals surface area contributed by atoms with Gasteiger partial charge in [0.25, 0.3) is 5.91 Å². The summed E-state index contributed by atoms with van der Waals surface area (Å²) in [4.78, 5) is 18.8. The second kappa shape index (κ2) is 8.37. The molecule has 1 aromatic heterocycles. The van der Waals surface area contributed by atoms with Gasteiger partial charge in [0.15, 0.2) is 5.17 Å². The van der Waals surface area contributed by atoms with Crippen LogP contribution in [-0.2, 0) is 4.79 Å². The Morgan fingerprint density at radius 3 is 2.55 bits per heavy atom. The molecule has 5 nitrogen and oxygen atoms in total. The largest absolute Gasteiger partial charge is 0.316 e. The van der Waals surface area contributed by atoms with E-state index < -0.39 is 5.91 Å². The number of carbonyl (C=O) groups is 1. The van der Waals surface area contributed by atoms with Gasteiger partial charge >= 0.3 is 0 Å². The van der Waals surface area contributed by atoms with Gasteiger partial charge in [-0.1, -0.05) is 65.3 Å². The molecule has 5 rings (SSSR count). The number of halogens is 2. The Bertz CT molecular complexity index is 1420. The first-order valence-electron chi connectivity index (χ1n) is 10.2. The quantitative estimate of drug-likeness (QED) is 0.413. The number of fused-ring (bicyclic) bond motifs is 1. The van der Waals surface area contributed by atoms with Crippen LogP contribution in [0.2, 0.25) is 10.0 Å². The van der Waals surface area contributed by atoms with E-state index in [-0.39, 0.29) is 11.4 Å². The minimum atomic E-state index is -0.421. The van der Waals surface area contributed by atoms with Crippen molar-refractivity contribution in [3.63, 3.8) is 0 Å². The molecule has 0 fully saturated rings. The number of amides is 1. The first kappa shape index (κ1) is 21.8. The molecule has 0 radical (unpaired) electrons. The van der Waals surface area contributed by atoms with Crippen molar-refractivity contribution in [2.24, 2.45) is 4.99 Å². The van der Waals surface area contributed by atoms with Crippen molar-refractivity contribution in [3.05, 3.63) is 98.1 Å². The standard InChI is InChI=1S/C25H18Cl2N4OS/c1-14-10-17(15(2)30(14)21-9-8-18(26)12-20(21)27)11-19-23(28)31-22(16-6-4-3-5-7-16)13-33-25(31)29-24(19)32/h3-13,28H,1-2H3. The third-order valence-corrected chi connectivity index (χ3v) is 6.97. The number of thioether (sulfide) groups is 1. The number of aryl methyl sites for hydroxylation is 1. The number of amidine groups is 2. The highest BCUT2D eigenvalue weighted by atomic mass is 35.5. The summed E-state index contributed by atoms with van der Waals surface area (Å²) in [5.74, 6) is -0.310. The molecule has 0 bridgehead atoms. The number of benzene rings is 2. The van der Waals surface area contributed by atoms with Gasteiger partial charge in [0.2, 0.25) is 0 Å². The van der Waals surface area contributed by atoms with Gasteiger partial charge in [-0.05, 0) is 55.3 Å². The summed E-state index contributed by atoms with van der Waals surface area (Å²) in [5, 5.41) is 12.4. The van der Waals surface area contributed by atoms with Crippen LogP contribution in [0.4, 0.5) is 0 Å². The van der Waals surface area contributed by atoms with Crippen LogP contribution >= 0.6 is 35.0 Å². The Morgan fingerprint density at radius 2 is 1.82 bits per heavy atom. The fourth-order valence-electron chi connectivity index (χ4n) is 4.04. The summed E-state index contributed by atoms with van der Waals surface area (Å²) in [6, 6.07) is 17.1. The van der Waals surface area contributed by atoms with Crippen molar-refractivity contribution in [1.29, 1.82) is 5.41 Å². The lowest BCUT2D eigenvalue weighted by Crippen LogP contribution is -2.38. The zero-order chi connectivity index (χ0) is 23.3. The van der Waals surface area contributed by atoms with Gasteiger partial charge in [0.05, 0.1) is 22.0 Å². The third kappa shape index (κ3) is 3.74. The molecule has 0 saturated heterocycles. The van der Waals surface area contributed by atoms with E-state index in [9.17, 15) is 4.79 Å². The highest BCUT2D eigenvalue weighted by molar-refractivity contribution is 8.17. The normalized spacial score (nSPS) is 16.8. The van der Waals surface area contributed by atoms with E-state index in [0.717, 1.165) is 33.9 Å². The van der Waals surface area contributed by atoms with Gasteiger partial charge in [0.1, 0.15) is 5.84 Å². The molecule has 33 heavy (non-hydrogen) atoms. The summed E-state index contributed by atoms with van der Waals surface area (Å²) < 4.78 is 2.01. The van der Waals surface area contributed by atoms with E-state index in [2.05, 4.69) is 4.99 Å². The number of aromatic nitrogens is 1.